The van der Waals surface area contributed by atoms with Crippen LogP contribution >= 0.6 is 11.8 Å². The van der Waals surface area contributed by atoms with Gasteiger partial charge < -0.3 is 80.7 Å². The molecule has 3 heterocycles. The van der Waals surface area contributed by atoms with Crippen molar-refractivity contribution in [1.82, 2.24) is 62.7 Å². The van der Waals surface area contributed by atoms with Crippen molar-refractivity contribution in [3.8, 4) is 0 Å². The van der Waals surface area contributed by atoms with Crippen molar-refractivity contribution in [1.29, 1.82) is 0 Å². The van der Waals surface area contributed by atoms with Gasteiger partial charge in [0.2, 0.25) is 76.8 Å². The zero-order valence-corrected chi connectivity index (χ0v) is 49.7. The van der Waals surface area contributed by atoms with Gasteiger partial charge in [0.25, 0.3) is 0 Å². The number of amides is 13. The molecule has 0 bridgehead atoms. The highest BCUT2D eigenvalue weighted by Gasteiger charge is 2.41. The summed E-state index contributed by atoms with van der Waals surface area (Å²) < 4.78 is 0. The highest BCUT2D eigenvalue weighted by molar-refractivity contribution is 7.98. The Bertz CT molecular complexity index is 2480. The van der Waals surface area contributed by atoms with Crippen molar-refractivity contribution in [2.45, 2.75) is 191 Å². The number of nitrogens with zero attached hydrogens (tertiary/aromatic N) is 2. The second kappa shape index (κ2) is 36.2. The van der Waals surface area contributed by atoms with Crippen LogP contribution in [0.15, 0.2) is 24.7 Å². The smallest absolute Gasteiger partial charge is 0.245 e. The molecule has 1 aromatic heterocycles. The molecule has 0 aliphatic carbocycles. The van der Waals surface area contributed by atoms with E-state index in [0.717, 1.165) is 0 Å². The number of fused-ring (bicyclic) bond motifs is 1. The van der Waals surface area contributed by atoms with Gasteiger partial charge in [-0.25, -0.2) is 4.98 Å². The highest BCUT2D eigenvalue weighted by atomic mass is 32.2. The number of aromatic nitrogens is 2. The van der Waals surface area contributed by atoms with E-state index in [1.54, 1.807) is 34.0 Å². The minimum Gasteiger partial charge on any atom is -0.370 e. The molecule has 0 spiro atoms. The molecule has 29 nitrogen and oxygen atoms in total. The fraction of sp³-hybridized carbons (Fsp3) is 0.667. The van der Waals surface area contributed by atoms with Crippen LogP contribution in [-0.2, 0) is 68.7 Å². The van der Waals surface area contributed by atoms with Crippen LogP contribution < -0.4 is 70.8 Å². The van der Waals surface area contributed by atoms with Gasteiger partial charge in [0.15, 0.2) is 0 Å². The Morgan fingerprint density at radius 2 is 1.35 bits per heavy atom. The Hall–Kier alpha value is -7.63. The fourth-order valence-corrected chi connectivity index (χ4v) is 9.90. The molecule has 0 radical (unpaired) electrons. The molecule has 18 N–H and O–H groups in total. The van der Waals surface area contributed by atoms with Crippen LogP contribution in [-0.4, -0.2) is 177 Å². The van der Waals surface area contributed by atoms with Gasteiger partial charge in [0, 0.05) is 44.6 Å². The molecular formula is C54H88N16O13S. The van der Waals surface area contributed by atoms with Gasteiger partial charge in [-0.3, -0.25) is 62.3 Å². The maximum atomic E-state index is 14.8. The van der Waals surface area contributed by atoms with Gasteiger partial charge in [0.1, 0.15) is 60.4 Å². The molecule has 1 aromatic rings. The second-order valence-electron chi connectivity index (χ2n) is 21.3. The summed E-state index contributed by atoms with van der Waals surface area (Å²) in [5, 5.41) is 23.7. The minimum atomic E-state index is -1.68. The maximum Gasteiger partial charge on any atom is 0.245 e. The van der Waals surface area contributed by atoms with Gasteiger partial charge in [0.05, 0.1) is 6.33 Å². The van der Waals surface area contributed by atoms with E-state index in [2.05, 4.69) is 57.8 Å². The van der Waals surface area contributed by atoms with Crippen molar-refractivity contribution in [3.05, 3.63) is 30.4 Å². The van der Waals surface area contributed by atoms with Crippen molar-refractivity contribution in [2.75, 3.05) is 25.1 Å². The molecule has 2 aliphatic heterocycles. The number of thioether (sulfide) groups is 1. The predicted molar refractivity (Wildman–Crippen MR) is 309 cm³/mol. The van der Waals surface area contributed by atoms with Crippen molar-refractivity contribution in [2.24, 2.45) is 34.8 Å². The van der Waals surface area contributed by atoms with Crippen molar-refractivity contribution < 1.29 is 62.3 Å². The van der Waals surface area contributed by atoms with Crippen LogP contribution in [0.2, 0.25) is 0 Å². The van der Waals surface area contributed by atoms with Gasteiger partial charge >= 0.3 is 0 Å². The van der Waals surface area contributed by atoms with E-state index < -0.39 is 175 Å². The van der Waals surface area contributed by atoms with E-state index in [9.17, 15) is 62.3 Å². The summed E-state index contributed by atoms with van der Waals surface area (Å²) in [6, 6.07) is -13.9. The van der Waals surface area contributed by atoms with Crippen LogP contribution in [0.5, 0.6) is 0 Å². The molecule has 0 saturated carbocycles. The number of nitrogens with one attached hydrogen (secondary N) is 10. The number of aromatic amines is 1. The van der Waals surface area contributed by atoms with Crippen LogP contribution in [0.4, 0.5) is 0 Å². The van der Waals surface area contributed by atoms with E-state index in [-0.39, 0.29) is 51.6 Å². The van der Waals surface area contributed by atoms with Crippen LogP contribution in [0.25, 0.3) is 0 Å². The predicted octanol–water partition coefficient (Wildman–Crippen LogP) is -3.33. The number of H-pyrrole nitrogens is 1. The Labute approximate surface area is 493 Å². The molecule has 3 rings (SSSR count). The summed E-state index contributed by atoms with van der Waals surface area (Å²) in [4.78, 5) is 188. The maximum absolute atomic E-state index is 14.8. The summed E-state index contributed by atoms with van der Waals surface area (Å²) in [7, 11) is 0. The van der Waals surface area contributed by atoms with E-state index in [1.165, 1.54) is 48.3 Å². The first-order valence-corrected chi connectivity index (χ1v) is 29.9. The Balaban J connectivity index is 2.32. The Kier molecular flexibility index (Phi) is 30.4. The number of imidazole rings is 1. The zero-order chi connectivity index (χ0) is 62.6. The molecule has 468 valence electrons. The normalized spacial score (nSPS) is 24.0. The second-order valence-corrected chi connectivity index (χ2v) is 22.2. The Morgan fingerprint density at radius 3 is 1.90 bits per heavy atom. The summed E-state index contributed by atoms with van der Waals surface area (Å²) >= 11 is 1.41. The molecule has 1 saturated heterocycles. The van der Waals surface area contributed by atoms with E-state index >= 15 is 0 Å². The largest absolute Gasteiger partial charge is 0.370 e. The number of unbranched alkanes of at least 4 members (excludes halogenated alkanes) is 1. The molecule has 2 aliphatic rings. The molecular weight excluding hydrogens is 1110 g/mol. The van der Waals surface area contributed by atoms with Crippen LogP contribution in [0, 0.1) is 11.8 Å². The van der Waals surface area contributed by atoms with Crippen LogP contribution in [0.3, 0.4) is 0 Å². The van der Waals surface area contributed by atoms with E-state index in [4.69, 9.17) is 22.9 Å². The molecule has 12 atom stereocenters. The van der Waals surface area contributed by atoms with Crippen molar-refractivity contribution in [3.63, 3.8) is 0 Å². The minimum absolute atomic E-state index is 0.0706. The average molecular weight is 1200 g/mol. The zero-order valence-electron chi connectivity index (χ0n) is 48.9. The third kappa shape index (κ3) is 23.2. The lowest BCUT2D eigenvalue weighted by atomic mass is 9.96. The monoisotopic (exact) mass is 1200 g/mol. The fourth-order valence-electron chi connectivity index (χ4n) is 9.43. The SMILES string of the molecule is CC[C@H](C)[C@H](NC(=O)[C@@H]1CC=CC[C@H](NC(=O)[C@H](CCSC)NC(C)=O)C(=O)N[C@@H]([C@@H](C)CC)C(=O)N[C@@H](CCCCN)C(=O)N2CCC[C@H]2C(=O)N[C@@H](Cc2cnc[nH]2)C(=O)N[C@@H](CCC(N)=O)C(=O)N[C@@H](CCC(N)=O)C(=O)N1)C(N)=O. The lowest BCUT2D eigenvalue weighted by Gasteiger charge is -2.32. The highest BCUT2D eigenvalue weighted by Crippen LogP contribution is 2.22. The molecule has 0 unspecified atom stereocenters. The topological polar surface area (TPSA) is 466 Å². The first kappa shape index (κ1) is 70.6. The molecule has 13 amide bonds. The quantitative estimate of drug-likeness (QED) is 0.0336. The summed E-state index contributed by atoms with van der Waals surface area (Å²) in [5.74, 6) is -11.6. The summed E-state index contributed by atoms with van der Waals surface area (Å²) in [6.07, 6.45) is 6.76. The standard InChI is InChI=1S/C54H88N16O13S/c1-7-29(3)43(45(58)74)68-49(78)33-14-9-10-15-34(63-48(77)37(22-25-84-6)61-31(5)71)50(79)69-44(30(4)8-2)53(82)66-38(16-11-12-23-55)54(83)70-24-13-17-40(70)52(81)67-39(26-32-27-59-28-60-32)51(80)65-36(19-21-42(57)73)47(76)64-35(46(75)62-33)18-20-41(56)72/h9-10,27-30,33-40,43-44H,7-8,11-26,55H2,1-6H3,(H2,56,72)(H2,57,73)(H2,58,74)(H,59,60)(H,61,71)(H,62,75)(H,63,77)(H,64,76)(H,65,80)(H,66,82)(H,67,81)(H,68,78)(H,69,79)/t29-,30-,33-,34-,35-,36-,37-,38-,39-,40-,43-,44-/m0/s1. The molecule has 84 heavy (non-hydrogen) atoms. The van der Waals surface area contributed by atoms with Gasteiger partial charge in [-0.05, 0) is 94.6 Å². The number of hydrogen-bond donors (Lipinski definition) is 14. The van der Waals surface area contributed by atoms with Gasteiger partial charge in [-0.1, -0.05) is 52.7 Å². The first-order chi connectivity index (χ1) is 39.8. The summed E-state index contributed by atoms with van der Waals surface area (Å²) in [5.41, 5.74) is 22.9. The van der Waals surface area contributed by atoms with Gasteiger partial charge in [-0.2, -0.15) is 11.8 Å². The van der Waals surface area contributed by atoms with E-state index in [0.29, 0.717) is 43.6 Å². The third-order valence-corrected chi connectivity index (χ3v) is 15.4. The first-order valence-electron chi connectivity index (χ1n) is 28.5. The van der Waals surface area contributed by atoms with Crippen molar-refractivity contribution >= 4 is 88.6 Å². The number of carbonyl (C=O) groups is 13. The molecule has 0 aromatic carbocycles. The number of nitrogens with two attached hydrogens (primary N) is 4. The number of hydrogen-bond acceptors (Lipinski definition) is 16. The van der Waals surface area contributed by atoms with Gasteiger partial charge in [-0.15, -0.1) is 0 Å². The number of rotatable bonds is 25. The average Bonchev–Trinajstić information content (AvgIpc) is 3.67. The third-order valence-electron chi connectivity index (χ3n) is 14.7. The number of primary amides is 3. The summed E-state index contributed by atoms with van der Waals surface area (Å²) in [6.45, 7) is 8.44. The molecule has 30 heteroatoms. The lowest BCUT2D eigenvalue weighted by molar-refractivity contribution is -0.143. The number of carbonyl (C=O) groups excluding carboxylic acids is 13. The lowest BCUT2D eigenvalue weighted by Crippen LogP contribution is -2.61. The molecule has 1 fully saturated rings. The Morgan fingerprint density at radius 1 is 0.738 bits per heavy atom. The van der Waals surface area contributed by atoms with Crippen LogP contribution in [0.1, 0.15) is 130 Å². The van der Waals surface area contributed by atoms with E-state index in [1.807, 2.05) is 0 Å².